The van der Waals surface area contributed by atoms with E-state index >= 15 is 0 Å². The van der Waals surface area contributed by atoms with Gasteiger partial charge in [0, 0.05) is 11.3 Å². The Hall–Kier alpha value is -2.71. The number of hydrogen-bond donors (Lipinski definition) is 2. The lowest BCUT2D eigenvalue weighted by atomic mass is 10.1. The van der Waals surface area contributed by atoms with Crippen molar-refractivity contribution in [2.24, 2.45) is 0 Å². The SMILES string of the molecule is CSc1nnc2n1NC(C#N)(C#N)Nc1ccccc1-2. The van der Waals surface area contributed by atoms with Gasteiger partial charge in [0.05, 0.1) is 0 Å². The molecule has 1 aromatic heterocycles. The van der Waals surface area contributed by atoms with Crippen LogP contribution in [0, 0.1) is 22.7 Å². The molecule has 98 valence electrons. The number of anilines is 1. The predicted octanol–water partition coefficient (Wildman–Crippen LogP) is 1.38. The van der Waals surface area contributed by atoms with Crippen LogP contribution in [0.15, 0.2) is 29.4 Å². The van der Waals surface area contributed by atoms with Gasteiger partial charge in [0.25, 0.3) is 0 Å². The van der Waals surface area contributed by atoms with Crippen molar-refractivity contribution < 1.29 is 0 Å². The number of thioether (sulfide) groups is 1. The zero-order valence-corrected chi connectivity index (χ0v) is 11.3. The number of benzene rings is 1. The maximum absolute atomic E-state index is 9.36. The Labute approximate surface area is 119 Å². The fourth-order valence-electron chi connectivity index (χ4n) is 1.99. The van der Waals surface area contributed by atoms with Gasteiger partial charge in [0.2, 0.25) is 5.16 Å². The van der Waals surface area contributed by atoms with Gasteiger partial charge in [-0.05, 0) is 18.4 Å². The molecule has 8 heteroatoms. The number of aromatic nitrogens is 3. The van der Waals surface area contributed by atoms with Crippen molar-refractivity contribution in [3.8, 4) is 23.5 Å². The van der Waals surface area contributed by atoms with E-state index in [-0.39, 0.29) is 0 Å². The molecule has 7 nitrogen and oxygen atoms in total. The number of hydrogen-bond acceptors (Lipinski definition) is 7. The van der Waals surface area contributed by atoms with Crippen LogP contribution in [0.1, 0.15) is 0 Å². The molecule has 0 spiro atoms. The van der Waals surface area contributed by atoms with Crippen LogP contribution in [-0.4, -0.2) is 26.8 Å². The Bertz CT molecular complexity index is 738. The summed E-state index contributed by atoms with van der Waals surface area (Å²) >= 11 is 1.38. The van der Waals surface area contributed by atoms with E-state index in [1.165, 1.54) is 11.8 Å². The molecule has 0 aliphatic carbocycles. The lowest BCUT2D eigenvalue weighted by Gasteiger charge is -2.22. The molecule has 3 rings (SSSR count). The highest BCUT2D eigenvalue weighted by Crippen LogP contribution is 2.32. The van der Waals surface area contributed by atoms with Gasteiger partial charge in [-0.1, -0.05) is 23.9 Å². The predicted molar refractivity (Wildman–Crippen MR) is 74.2 cm³/mol. The van der Waals surface area contributed by atoms with Crippen molar-refractivity contribution in [1.82, 2.24) is 14.9 Å². The highest BCUT2D eigenvalue weighted by molar-refractivity contribution is 7.98. The number of para-hydroxylation sites is 1. The number of nitrogens with one attached hydrogen (secondary N) is 2. The molecule has 0 saturated carbocycles. The summed E-state index contributed by atoms with van der Waals surface area (Å²) in [5.74, 6) is 0.560. The fourth-order valence-corrected chi connectivity index (χ4v) is 2.43. The van der Waals surface area contributed by atoms with E-state index in [9.17, 15) is 10.5 Å². The molecule has 1 aliphatic heterocycles. The molecule has 2 aromatic rings. The van der Waals surface area contributed by atoms with E-state index in [4.69, 9.17) is 0 Å². The fraction of sp³-hybridized carbons (Fsp3) is 0.167. The third-order valence-electron chi connectivity index (χ3n) is 2.92. The summed E-state index contributed by atoms with van der Waals surface area (Å²) in [6.07, 6.45) is 1.85. The molecule has 1 aromatic carbocycles. The van der Waals surface area contributed by atoms with Crippen molar-refractivity contribution in [3.05, 3.63) is 24.3 Å². The Morgan fingerprint density at radius 3 is 2.70 bits per heavy atom. The van der Waals surface area contributed by atoms with Crippen molar-refractivity contribution in [2.45, 2.75) is 10.8 Å². The van der Waals surface area contributed by atoms with Crippen LogP contribution in [0.2, 0.25) is 0 Å². The molecule has 0 amide bonds. The maximum atomic E-state index is 9.36. The van der Waals surface area contributed by atoms with E-state index in [1.807, 2.05) is 36.6 Å². The van der Waals surface area contributed by atoms with Crippen LogP contribution >= 0.6 is 11.8 Å². The molecule has 20 heavy (non-hydrogen) atoms. The van der Waals surface area contributed by atoms with Gasteiger partial charge in [0.1, 0.15) is 12.1 Å². The molecule has 2 heterocycles. The first kappa shape index (κ1) is 12.3. The Balaban J connectivity index is 2.30. The van der Waals surface area contributed by atoms with Gasteiger partial charge in [-0.3, -0.25) is 5.43 Å². The minimum atomic E-state index is -1.58. The number of rotatable bonds is 1. The standard InChI is InChI=1S/C12H9N7S/c1-20-11-17-16-10-8-4-2-3-5-9(8)15-12(6-13,7-14)18-19(10)11/h2-5,15,18H,1H3. The zero-order valence-electron chi connectivity index (χ0n) is 10.5. The van der Waals surface area contributed by atoms with Gasteiger partial charge in [-0.15, -0.1) is 10.2 Å². The molecule has 0 bridgehead atoms. The zero-order chi connectivity index (χ0) is 14.2. The molecule has 0 atom stereocenters. The second-order valence-corrected chi connectivity index (χ2v) is 4.88. The summed E-state index contributed by atoms with van der Waals surface area (Å²) in [6.45, 7) is 0. The van der Waals surface area contributed by atoms with Crippen LogP contribution in [0.25, 0.3) is 11.4 Å². The van der Waals surface area contributed by atoms with E-state index in [1.54, 1.807) is 10.7 Å². The average Bonchev–Trinajstić information content (AvgIpc) is 2.83. The molecule has 0 radical (unpaired) electrons. The second-order valence-electron chi connectivity index (χ2n) is 4.10. The highest BCUT2D eigenvalue weighted by Gasteiger charge is 2.36. The first-order chi connectivity index (χ1) is 9.73. The average molecular weight is 283 g/mol. The summed E-state index contributed by atoms with van der Waals surface area (Å²) < 4.78 is 1.57. The summed E-state index contributed by atoms with van der Waals surface area (Å²) in [7, 11) is 0. The molecule has 0 saturated heterocycles. The second kappa shape index (κ2) is 4.44. The van der Waals surface area contributed by atoms with Gasteiger partial charge < -0.3 is 5.32 Å². The van der Waals surface area contributed by atoms with Crippen molar-refractivity contribution in [1.29, 1.82) is 10.5 Å². The van der Waals surface area contributed by atoms with Crippen molar-refractivity contribution in [3.63, 3.8) is 0 Å². The third-order valence-corrected chi connectivity index (χ3v) is 3.55. The van der Waals surface area contributed by atoms with E-state index in [0.717, 1.165) is 5.56 Å². The summed E-state index contributed by atoms with van der Waals surface area (Å²) in [5.41, 5.74) is 2.71. The quantitative estimate of drug-likeness (QED) is 0.762. The Morgan fingerprint density at radius 1 is 1.25 bits per heavy atom. The van der Waals surface area contributed by atoms with Crippen LogP contribution in [-0.2, 0) is 0 Å². The third kappa shape index (κ3) is 1.67. The summed E-state index contributed by atoms with van der Waals surface area (Å²) in [6, 6.07) is 11.3. The normalized spacial score (nSPS) is 14.6. The minimum absolute atomic E-state index is 0.560. The van der Waals surface area contributed by atoms with E-state index in [0.29, 0.717) is 16.7 Å². The molecule has 1 aliphatic rings. The summed E-state index contributed by atoms with van der Waals surface area (Å²) in [5, 5.41) is 30.4. The number of nitriles is 2. The monoisotopic (exact) mass is 283 g/mol. The van der Waals surface area contributed by atoms with Crippen LogP contribution in [0.3, 0.4) is 0 Å². The van der Waals surface area contributed by atoms with Crippen LogP contribution in [0.5, 0.6) is 0 Å². The Morgan fingerprint density at radius 2 is 2.00 bits per heavy atom. The number of fused-ring (bicyclic) bond motifs is 3. The van der Waals surface area contributed by atoms with Gasteiger partial charge in [-0.25, -0.2) is 4.68 Å². The molecule has 0 fully saturated rings. The first-order valence-corrected chi connectivity index (χ1v) is 6.93. The van der Waals surface area contributed by atoms with Gasteiger partial charge >= 0.3 is 5.66 Å². The smallest absolute Gasteiger partial charge is 0.301 e. The molecule has 0 unspecified atom stereocenters. The molecular formula is C12H9N7S. The minimum Gasteiger partial charge on any atom is -0.337 e. The largest absolute Gasteiger partial charge is 0.337 e. The van der Waals surface area contributed by atoms with Crippen LogP contribution in [0.4, 0.5) is 5.69 Å². The number of nitrogens with zero attached hydrogens (tertiary/aromatic N) is 5. The lowest BCUT2D eigenvalue weighted by Crippen LogP contribution is -2.47. The Kier molecular flexibility index (Phi) is 2.74. The first-order valence-electron chi connectivity index (χ1n) is 5.70. The topological polar surface area (TPSA) is 102 Å². The molecule has 2 N–H and O–H groups in total. The molecular weight excluding hydrogens is 274 g/mol. The summed E-state index contributed by atoms with van der Waals surface area (Å²) in [4.78, 5) is 0. The van der Waals surface area contributed by atoms with Gasteiger partial charge in [-0.2, -0.15) is 10.5 Å². The van der Waals surface area contributed by atoms with E-state index in [2.05, 4.69) is 20.9 Å². The van der Waals surface area contributed by atoms with E-state index < -0.39 is 5.66 Å². The van der Waals surface area contributed by atoms with Crippen molar-refractivity contribution in [2.75, 3.05) is 17.0 Å². The van der Waals surface area contributed by atoms with Gasteiger partial charge in [0.15, 0.2) is 5.82 Å². The van der Waals surface area contributed by atoms with Crippen molar-refractivity contribution >= 4 is 17.4 Å². The maximum Gasteiger partial charge on any atom is 0.301 e. The highest BCUT2D eigenvalue weighted by atomic mass is 32.2. The lowest BCUT2D eigenvalue weighted by molar-refractivity contribution is 0.672. The van der Waals surface area contributed by atoms with Crippen LogP contribution < -0.4 is 10.7 Å².